The number of carbonyl (C=O) groups excluding carboxylic acids is 1. The Morgan fingerprint density at radius 3 is 2.91 bits per heavy atom. The van der Waals surface area contributed by atoms with E-state index in [4.69, 9.17) is 4.74 Å². The van der Waals surface area contributed by atoms with Crippen molar-refractivity contribution < 1.29 is 18.8 Å². The van der Waals surface area contributed by atoms with Crippen LogP contribution in [0.4, 0.5) is 10.2 Å². The van der Waals surface area contributed by atoms with E-state index in [1.54, 1.807) is 6.92 Å². The summed E-state index contributed by atoms with van der Waals surface area (Å²) in [6, 6.07) is 3.97. The monoisotopic (exact) mass is 371 g/mol. The van der Waals surface area contributed by atoms with Gasteiger partial charge in [0.1, 0.15) is 25.2 Å². The first-order chi connectivity index (χ1) is 10.4. The molecule has 0 saturated heterocycles. The first-order valence-electron chi connectivity index (χ1n) is 6.19. The number of imidazole rings is 1. The molecule has 0 amide bonds. The van der Waals surface area contributed by atoms with Gasteiger partial charge in [0, 0.05) is 11.4 Å². The van der Waals surface area contributed by atoms with Gasteiger partial charge in [0.05, 0.1) is 5.56 Å². The smallest absolute Gasteiger partial charge is 0.342 e. The summed E-state index contributed by atoms with van der Waals surface area (Å²) in [4.78, 5) is 25.8. The molecule has 0 saturated carbocycles. The van der Waals surface area contributed by atoms with E-state index in [9.17, 15) is 19.3 Å². The van der Waals surface area contributed by atoms with Crippen molar-refractivity contribution in [3.8, 4) is 0 Å². The van der Waals surface area contributed by atoms with Gasteiger partial charge in [0.2, 0.25) is 0 Å². The van der Waals surface area contributed by atoms with Crippen LogP contribution in [0.3, 0.4) is 0 Å². The van der Waals surface area contributed by atoms with E-state index in [0.29, 0.717) is 10.3 Å². The number of carbonyl (C=O) groups is 1. The van der Waals surface area contributed by atoms with Crippen LogP contribution in [0.5, 0.6) is 0 Å². The number of esters is 1. The fraction of sp³-hybridized carbons (Fsp3) is 0.231. The SMILES string of the molecule is Cc1ncc([N+](=O)[O-])n1CCOC(=O)c1ccc(Br)cc1F. The molecular weight excluding hydrogens is 361 g/mol. The number of benzene rings is 1. The summed E-state index contributed by atoms with van der Waals surface area (Å²) in [5, 5.41) is 10.8. The number of hydrogen-bond donors (Lipinski definition) is 0. The molecule has 0 aliphatic carbocycles. The van der Waals surface area contributed by atoms with E-state index in [2.05, 4.69) is 20.9 Å². The van der Waals surface area contributed by atoms with Gasteiger partial charge in [-0.2, -0.15) is 0 Å². The molecule has 116 valence electrons. The second-order valence-electron chi connectivity index (χ2n) is 4.33. The molecule has 0 radical (unpaired) electrons. The highest BCUT2D eigenvalue weighted by atomic mass is 79.9. The zero-order valence-electron chi connectivity index (χ0n) is 11.5. The first kappa shape index (κ1) is 16.1. The van der Waals surface area contributed by atoms with Crippen LogP contribution in [0.15, 0.2) is 28.9 Å². The summed E-state index contributed by atoms with van der Waals surface area (Å²) in [7, 11) is 0. The summed E-state index contributed by atoms with van der Waals surface area (Å²) < 4.78 is 20.4. The summed E-state index contributed by atoms with van der Waals surface area (Å²) in [6.07, 6.45) is 1.13. The molecule has 0 atom stereocenters. The maximum atomic E-state index is 13.6. The van der Waals surface area contributed by atoms with Crippen LogP contribution in [-0.2, 0) is 11.3 Å². The van der Waals surface area contributed by atoms with Gasteiger partial charge in [0.15, 0.2) is 5.82 Å². The van der Waals surface area contributed by atoms with Crippen molar-refractivity contribution in [3.63, 3.8) is 0 Å². The number of hydrogen-bond acceptors (Lipinski definition) is 5. The molecule has 1 heterocycles. The molecular formula is C13H11BrFN3O4. The van der Waals surface area contributed by atoms with E-state index in [0.717, 1.165) is 12.3 Å². The Labute approximate surface area is 133 Å². The van der Waals surface area contributed by atoms with Crippen molar-refractivity contribution in [1.29, 1.82) is 0 Å². The highest BCUT2D eigenvalue weighted by Crippen LogP contribution is 2.17. The summed E-state index contributed by atoms with van der Waals surface area (Å²) in [6.45, 7) is 1.53. The number of ether oxygens (including phenoxy) is 1. The number of aryl methyl sites for hydroxylation is 1. The normalized spacial score (nSPS) is 10.5. The number of nitrogens with zero attached hydrogens (tertiary/aromatic N) is 3. The van der Waals surface area contributed by atoms with Crippen molar-refractivity contribution in [1.82, 2.24) is 9.55 Å². The molecule has 2 rings (SSSR count). The fourth-order valence-electron chi connectivity index (χ4n) is 1.84. The molecule has 7 nitrogen and oxygen atoms in total. The third-order valence-corrected chi connectivity index (χ3v) is 3.41. The van der Waals surface area contributed by atoms with Gasteiger partial charge in [-0.15, -0.1) is 0 Å². The Bertz CT molecular complexity index is 732. The highest BCUT2D eigenvalue weighted by molar-refractivity contribution is 9.10. The molecule has 2 aromatic rings. The molecule has 9 heteroatoms. The standard InChI is InChI=1S/C13H11BrFN3O4/c1-8-16-7-12(18(20)21)17(8)4-5-22-13(19)10-3-2-9(14)6-11(10)15/h2-3,6-7H,4-5H2,1H3. The highest BCUT2D eigenvalue weighted by Gasteiger charge is 2.18. The molecule has 0 spiro atoms. The molecule has 0 bridgehead atoms. The third kappa shape index (κ3) is 3.48. The Morgan fingerprint density at radius 1 is 1.55 bits per heavy atom. The molecule has 0 unspecified atom stereocenters. The zero-order valence-corrected chi connectivity index (χ0v) is 13.0. The second-order valence-corrected chi connectivity index (χ2v) is 5.25. The Hall–Kier alpha value is -2.29. The van der Waals surface area contributed by atoms with Crippen LogP contribution in [0.1, 0.15) is 16.2 Å². The molecule has 0 N–H and O–H groups in total. The van der Waals surface area contributed by atoms with E-state index in [-0.39, 0.29) is 24.5 Å². The Morgan fingerprint density at radius 2 is 2.27 bits per heavy atom. The van der Waals surface area contributed by atoms with Crippen LogP contribution < -0.4 is 0 Å². The van der Waals surface area contributed by atoms with Crippen LogP contribution in [-0.4, -0.2) is 27.1 Å². The van der Waals surface area contributed by atoms with E-state index in [1.165, 1.54) is 16.7 Å². The fourth-order valence-corrected chi connectivity index (χ4v) is 2.17. The number of rotatable bonds is 5. The predicted octanol–water partition coefficient (Wildman–Crippen LogP) is 2.86. The molecule has 0 aliphatic rings. The lowest BCUT2D eigenvalue weighted by Crippen LogP contribution is -2.14. The lowest BCUT2D eigenvalue weighted by molar-refractivity contribution is -0.392. The maximum absolute atomic E-state index is 13.6. The quantitative estimate of drug-likeness (QED) is 0.458. The maximum Gasteiger partial charge on any atom is 0.342 e. The van der Waals surface area contributed by atoms with Crippen molar-refractivity contribution in [3.05, 3.63) is 56.2 Å². The zero-order chi connectivity index (χ0) is 16.3. The Balaban J connectivity index is 2.01. The van der Waals surface area contributed by atoms with E-state index < -0.39 is 16.7 Å². The van der Waals surface area contributed by atoms with Crippen molar-refractivity contribution in [2.45, 2.75) is 13.5 Å². The van der Waals surface area contributed by atoms with Crippen molar-refractivity contribution >= 4 is 27.7 Å². The third-order valence-electron chi connectivity index (χ3n) is 2.92. The second kappa shape index (κ2) is 6.65. The van der Waals surface area contributed by atoms with Gasteiger partial charge in [-0.05, 0) is 23.1 Å². The van der Waals surface area contributed by atoms with E-state index >= 15 is 0 Å². The average molecular weight is 372 g/mol. The molecule has 0 aliphatic heterocycles. The molecule has 1 aromatic carbocycles. The van der Waals surface area contributed by atoms with Crippen molar-refractivity contribution in [2.24, 2.45) is 0 Å². The van der Waals surface area contributed by atoms with Crippen LogP contribution in [0.2, 0.25) is 0 Å². The van der Waals surface area contributed by atoms with Gasteiger partial charge < -0.3 is 14.9 Å². The van der Waals surface area contributed by atoms with Gasteiger partial charge >= 0.3 is 11.8 Å². The largest absolute Gasteiger partial charge is 0.458 e. The van der Waals surface area contributed by atoms with Gasteiger partial charge in [-0.25, -0.2) is 18.7 Å². The minimum Gasteiger partial charge on any atom is -0.458 e. The number of nitro groups is 1. The summed E-state index contributed by atoms with van der Waals surface area (Å²) >= 11 is 3.09. The van der Waals surface area contributed by atoms with E-state index in [1.807, 2.05) is 0 Å². The summed E-state index contributed by atoms with van der Waals surface area (Å²) in [5.74, 6) is -1.30. The molecule has 0 fully saturated rings. The topological polar surface area (TPSA) is 87.3 Å². The minimum absolute atomic E-state index is 0.0615. The van der Waals surface area contributed by atoms with Gasteiger partial charge in [0.25, 0.3) is 0 Å². The van der Waals surface area contributed by atoms with Gasteiger partial charge in [-0.3, -0.25) is 0 Å². The predicted molar refractivity (Wildman–Crippen MR) is 78.0 cm³/mol. The average Bonchev–Trinajstić information content (AvgIpc) is 2.80. The van der Waals surface area contributed by atoms with Crippen molar-refractivity contribution in [2.75, 3.05) is 6.61 Å². The van der Waals surface area contributed by atoms with Gasteiger partial charge in [-0.1, -0.05) is 15.9 Å². The lowest BCUT2D eigenvalue weighted by Gasteiger charge is -2.06. The molecule has 22 heavy (non-hydrogen) atoms. The van der Waals surface area contributed by atoms with Crippen LogP contribution in [0, 0.1) is 22.9 Å². The Kier molecular flexibility index (Phi) is 4.86. The van der Waals surface area contributed by atoms with Crippen LogP contribution >= 0.6 is 15.9 Å². The minimum atomic E-state index is -0.828. The van der Waals surface area contributed by atoms with Crippen LogP contribution in [0.25, 0.3) is 0 Å². The molecule has 1 aromatic heterocycles. The lowest BCUT2D eigenvalue weighted by atomic mass is 10.2. The number of halogens is 2. The number of aromatic nitrogens is 2. The summed E-state index contributed by atoms with van der Waals surface area (Å²) in [5.41, 5.74) is -0.194. The first-order valence-corrected chi connectivity index (χ1v) is 6.98.